The maximum absolute atomic E-state index is 5.75. The third kappa shape index (κ3) is 1.48. The lowest BCUT2D eigenvalue weighted by Crippen LogP contribution is -1.96. The van der Waals surface area contributed by atoms with E-state index < -0.39 is 0 Å². The molecule has 0 aliphatic carbocycles. The number of aromatic nitrogens is 3. The number of hydrogen-bond acceptors (Lipinski definition) is 3. The van der Waals surface area contributed by atoms with Gasteiger partial charge in [0.05, 0.1) is 5.69 Å². The van der Waals surface area contributed by atoms with Gasteiger partial charge in [0.15, 0.2) is 11.5 Å². The van der Waals surface area contributed by atoms with Gasteiger partial charge in [0.25, 0.3) is 0 Å². The number of nitrogen functional groups attached to an aromatic ring is 1. The third-order valence-corrected chi connectivity index (χ3v) is 2.43. The van der Waals surface area contributed by atoms with E-state index >= 15 is 0 Å². The summed E-state index contributed by atoms with van der Waals surface area (Å²) in [5, 5.41) is 0. The molecule has 0 aliphatic rings. The van der Waals surface area contributed by atoms with Crippen molar-refractivity contribution < 1.29 is 0 Å². The molecule has 5 heteroatoms. The first-order valence-electron chi connectivity index (χ1n) is 4.38. The molecule has 2 aromatic heterocycles. The van der Waals surface area contributed by atoms with Gasteiger partial charge in [-0.15, -0.1) is 0 Å². The van der Waals surface area contributed by atoms with Crippen molar-refractivity contribution in [2.45, 2.75) is 19.8 Å². The molecular weight excluding hydrogens is 244 g/mol. The Kier molecular flexibility index (Phi) is 2.19. The molecule has 0 aromatic carbocycles. The van der Waals surface area contributed by atoms with E-state index in [0.717, 1.165) is 15.9 Å². The van der Waals surface area contributed by atoms with E-state index in [1.165, 1.54) is 0 Å². The Balaban J connectivity index is 2.70. The number of fused-ring (bicyclic) bond motifs is 1. The summed E-state index contributed by atoms with van der Waals surface area (Å²) in [5.74, 6) is 0.847. The molecule has 4 nitrogen and oxygen atoms in total. The fraction of sp³-hybridized carbons (Fsp3) is 0.333. The summed E-state index contributed by atoms with van der Waals surface area (Å²) in [4.78, 5) is 8.49. The Morgan fingerprint density at radius 3 is 2.71 bits per heavy atom. The molecule has 74 valence electrons. The van der Waals surface area contributed by atoms with Crippen LogP contribution in [0.1, 0.15) is 25.5 Å². The molecule has 0 unspecified atom stereocenters. The van der Waals surface area contributed by atoms with Crippen molar-refractivity contribution in [3.8, 4) is 0 Å². The number of halogens is 1. The largest absolute Gasteiger partial charge is 0.381 e. The van der Waals surface area contributed by atoms with E-state index in [4.69, 9.17) is 5.73 Å². The zero-order valence-electron chi connectivity index (χ0n) is 8.03. The van der Waals surface area contributed by atoms with Crippen LogP contribution in [-0.2, 0) is 0 Å². The van der Waals surface area contributed by atoms with Crippen molar-refractivity contribution in [2.24, 2.45) is 0 Å². The number of rotatable bonds is 1. The quantitative estimate of drug-likeness (QED) is 0.849. The summed E-state index contributed by atoms with van der Waals surface area (Å²) in [5.41, 5.74) is 7.49. The number of imidazole rings is 1. The lowest BCUT2D eigenvalue weighted by Gasteiger charge is -1.96. The van der Waals surface area contributed by atoms with Crippen molar-refractivity contribution in [2.75, 3.05) is 5.73 Å². The van der Waals surface area contributed by atoms with Gasteiger partial charge in [-0.2, -0.15) is 0 Å². The predicted octanol–water partition coefficient (Wildman–Crippen LogP) is 2.20. The molecule has 0 fully saturated rings. The minimum absolute atomic E-state index is 0.396. The van der Waals surface area contributed by atoms with Gasteiger partial charge in [0, 0.05) is 12.4 Å². The lowest BCUT2D eigenvalue weighted by atomic mass is 10.2. The van der Waals surface area contributed by atoms with Crippen molar-refractivity contribution in [3.63, 3.8) is 0 Å². The molecule has 0 saturated heterocycles. The summed E-state index contributed by atoms with van der Waals surface area (Å²) in [6.45, 7) is 4.20. The molecule has 0 saturated carbocycles. The summed E-state index contributed by atoms with van der Waals surface area (Å²) in [6, 6.07) is 0. The third-order valence-electron chi connectivity index (χ3n) is 2.04. The SMILES string of the molecule is CC(C)c1cn2cc(Br)nc(N)c2n1. The second-order valence-corrected chi connectivity index (χ2v) is 4.31. The van der Waals surface area contributed by atoms with E-state index in [1.807, 2.05) is 16.8 Å². The average Bonchev–Trinajstić information content (AvgIpc) is 2.47. The maximum atomic E-state index is 5.75. The van der Waals surface area contributed by atoms with Crippen LogP contribution in [0.25, 0.3) is 5.65 Å². The first kappa shape index (κ1) is 9.45. The van der Waals surface area contributed by atoms with Gasteiger partial charge < -0.3 is 10.1 Å². The smallest absolute Gasteiger partial charge is 0.180 e. The standard InChI is InChI=1S/C9H11BrN4/c1-5(2)6-3-14-4-7(10)13-8(11)9(14)12-6/h3-5H,1-2H3,(H2,11,13). The zero-order valence-corrected chi connectivity index (χ0v) is 9.62. The fourth-order valence-electron chi connectivity index (χ4n) is 1.29. The highest BCUT2D eigenvalue weighted by Gasteiger charge is 2.08. The van der Waals surface area contributed by atoms with Gasteiger partial charge in [-0.1, -0.05) is 13.8 Å². The molecular formula is C9H11BrN4. The van der Waals surface area contributed by atoms with Crippen LogP contribution in [-0.4, -0.2) is 14.4 Å². The number of hydrogen-bond donors (Lipinski definition) is 1. The van der Waals surface area contributed by atoms with Crippen LogP contribution in [0.5, 0.6) is 0 Å². The molecule has 0 bridgehead atoms. The van der Waals surface area contributed by atoms with Crippen molar-refractivity contribution in [1.29, 1.82) is 0 Å². The first-order chi connectivity index (χ1) is 6.58. The Morgan fingerprint density at radius 2 is 2.07 bits per heavy atom. The lowest BCUT2D eigenvalue weighted by molar-refractivity contribution is 0.834. The monoisotopic (exact) mass is 254 g/mol. The van der Waals surface area contributed by atoms with Gasteiger partial charge >= 0.3 is 0 Å². The Bertz CT molecular complexity index is 475. The highest BCUT2D eigenvalue weighted by molar-refractivity contribution is 9.10. The van der Waals surface area contributed by atoms with Gasteiger partial charge in [-0.25, -0.2) is 9.97 Å². The van der Waals surface area contributed by atoms with E-state index in [0.29, 0.717) is 11.7 Å². The van der Waals surface area contributed by atoms with Crippen molar-refractivity contribution >= 4 is 27.4 Å². The van der Waals surface area contributed by atoms with E-state index in [9.17, 15) is 0 Å². The second kappa shape index (κ2) is 3.24. The molecule has 0 atom stereocenters. The summed E-state index contributed by atoms with van der Waals surface area (Å²) in [6.07, 6.45) is 3.83. The van der Waals surface area contributed by atoms with Crippen LogP contribution in [0.3, 0.4) is 0 Å². The average molecular weight is 255 g/mol. The molecule has 2 N–H and O–H groups in total. The van der Waals surface area contributed by atoms with Crippen LogP contribution in [0.15, 0.2) is 17.0 Å². The normalized spacial score (nSPS) is 11.4. The van der Waals surface area contributed by atoms with E-state index in [1.54, 1.807) is 0 Å². The van der Waals surface area contributed by atoms with Crippen LogP contribution in [0.2, 0.25) is 0 Å². The number of nitrogens with two attached hydrogens (primary N) is 1. The summed E-state index contributed by atoms with van der Waals surface area (Å²) < 4.78 is 2.61. The van der Waals surface area contributed by atoms with Gasteiger partial charge in [-0.3, -0.25) is 0 Å². The Labute approximate surface area is 90.3 Å². The van der Waals surface area contributed by atoms with Crippen LogP contribution >= 0.6 is 15.9 Å². The summed E-state index contributed by atoms with van der Waals surface area (Å²) >= 11 is 3.29. The zero-order chi connectivity index (χ0) is 10.3. The van der Waals surface area contributed by atoms with Gasteiger partial charge in [0.2, 0.25) is 0 Å². The van der Waals surface area contributed by atoms with E-state index in [2.05, 4.69) is 39.7 Å². The molecule has 0 aliphatic heterocycles. The van der Waals surface area contributed by atoms with Gasteiger partial charge in [0.1, 0.15) is 4.60 Å². The molecule has 0 radical (unpaired) electrons. The molecule has 2 heterocycles. The van der Waals surface area contributed by atoms with Gasteiger partial charge in [-0.05, 0) is 21.8 Å². The minimum atomic E-state index is 0.396. The topological polar surface area (TPSA) is 56.2 Å². The van der Waals surface area contributed by atoms with E-state index in [-0.39, 0.29) is 0 Å². The highest BCUT2D eigenvalue weighted by Crippen LogP contribution is 2.19. The predicted molar refractivity (Wildman–Crippen MR) is 59.2 cm³/mol. The second-order valence-electron chi connectivity index (χ2n) is 3.50. The first-order valence-corrected chi connectivity index (χ1v) is 5.18. The summed E-state index contributed by atoms with van der Waals surface area (Å²) in [7, 11) is 0. The van der Waals surface area contributed by atoms with Crippen molar-refractivity contribution in [3.05, 3.63) is 22.7 Å². The molecule has 2 aromatic rings. The van der Waals surface area contributed by atoms with Crippen molar-refractivity contribution in [1.82, 2.24) is 14.4 Å². The maximum Gasteiger partial charge on any atom is 0.180 e. The van der Waals surface area contributed by atoms with Crippen LogP contribution in [0.4, 0.5) is 5.82 Å². The Morgan fingerprint density at radius 1 is 1.36 bits per heavy atom. The minimum Gasteiger partial charge on any atom is -0.381 e. The number of anilines is 1. The fourth-order valence-corrected chi connectivity index (χ4v) is 1.70. The van der Waals surface area contributed by atoms with Crippen LogP contribution < -0.4 is 5.73 Å². The Hall–Kier alpha value is -1.10. The number of nitrogens with zero attached hydrogens (tertiary/aromatic N) is 3. The molecule has 0 amide bonds. The highest BCUT2D eigenvalue weighted by atomic mass is 79.9. The molecule has 2 rings (SSSR count). The van der Waals surface area contributed by atoms with Crippen LogP contribution in [0, 0.1) is 0 Å². The molecule has 14 heavy (non-hydrogen) atoms. The molecule has 0 spiro atoms.